The van der Waals surface area contributed by atoms with Gasteiger partial charge in [0.1, 0.15) is 4.88 Å². The Bertz CT molecular complexity index is 591. The van der Waals surface area contributed by atoms with Gasteiger partial charge in [-0.25, -0.2) is 4.98 Å². The summed E-state index contributed by atoms with van der Waals surface area (Å²) < 4.78 is 0. The highest BCUT2D eigenvalue weighted by Gasteiger charge is 2.32. The monoisotopic (exact) mass is 293 g/mol. The van der Waals surface area contributed by atoms with Crippen LogP contribution in [0.5, 0.6) is 0 Å². The highest BCUT2D eigenvalue weighted by molar-refractivity contribution is 7.17. The Morgan fingerprint density at radius 1 is 1.58 bits per heavy atom. The van der Waals surface area contributed by atoms with E-state index in [4.69, 9.17) is 5.73 Å². The third-order valence-corrected chi connectivity index (χ3v) is 5.13. The molecule has 6 heteroatoms. The van der Waals surface area contributed by atoms with E-state index in [-0.39, 0.29) is 11.9 Å². The van der Waals surface area contributed by atoms with Crippen molar-refractivity contribution in [1.29, 1.82) is 0 Å². The summed E-state index contributed by atoms with van der Waals surface area (Å²) in [5, 5.41) is 4.66. The van der Waals surface area contributed by atoms with Crippen molar-refractivity contribution in [2.24, 2.45) is 0 Å². The summed E-state index contributed by atoms with van der Waals surface area (Å²) >= 11 is 2.96. The van der Waals surface area contributed by atoms with Crippen molar-refractivity contribution in [3.63, 3.8) is 0 Å². The topological polar surface area (TPSA) is 59.2 Å². The maximum absolute atomic E-state index is 12.6. The van der Waals surface area contributed by atoms with Crippen molar-refractivity contribution in [2.75, 3.05) is 12.3 Å². The zero-order valence-corrected chi connectivity index (χ0v) is 12.3. The number of aromatic nitrogens is 1. The summed E-state index contributed by atoms with van der Waals surface area (Å²) in [6.45, 7) is 2.66. The Labute approximate surface area is 119 Å². The van der Waals surface area contributed by atoms with Crippen LogP contribution in [0.3, 0.4) is 0 Å². The smallest absolute Gasteiger partial charge is 0.266 e. The van der Waals surface area contributed by atoms with E-state index in [1.165, 1.54) is 16.9 Å². The van der Waals surface area contributed by atoms with Gasteiger partial charge >= 0.3 is 0 Å². The average molecular weight is 293 g/mol. The van der Waals surface area contributed by atoms with E-state index in [0.29, 0.717) is 10.0 Å². The number of nitrogens with two attached hydrogens (primary N) is 1. The van der Waals surface area contributed by atoms with E-state index in [1.54, 1.807) is 11.3 Å². The number of carbonyl (C=O) groups is 1. The molecule has 1 aliphatic heterocycles. The van der Waals surface area contributed by atoms with Crippen LogP contribution in [0.1, 0.15) is 39.8 Å². The molecule has 3 rings (SSSR count). The molecule has 1 amide bonds. The molecule has 19 heavy (non-hydrogen) atoms. The molecule has 4 nitrogen and oxygen atoms in total. The van der Waals surface area contributed by atoms with Crippen LogP contribution in [0.2, 0.25) is 0 Å². The van der Waals surface area contributed by atoms with Gasteiger partial charge in [0.05, 0.1) is 11.7 Å². The van der Waals surface area contributed by atoms with Gasteiger partial charge in [-0.3, -0.25) is 4.79 Å². The predicted molar refractivity (Wildman–Crippen MR) is 78.6 cm³/mol. The van der Waals surface area contributed by atoms with E-state index in [0.717, 1.165) is 25.1 Å². The maximum atomic E-state index is 12.6. The molecule has 1 saturated heterocycles. The number of thiazole rings is 1. The van der Waals surface area contributed by atoms with Crippen LogP contribution in [0.4, 0.5) is 5.13 Å². The summed E-state index contributed by atoms with van der Waals surface area (Å²) in [6.07, 6.45) is 2.09. The molecule has 0 bridgehead atoms. The summed E-state index contributed by atoms with van der Waals surface area (Å²) in [6, 6.07) is 2.32. The van der Waals surface area contributed by atoms with E-state index in [2.05, 4.69) is 21.8 Å². The zero-order chi connectivity index (χ0) is 13.4. The number of aryl methyl sites for hydroxylation is 1. The van der Waals surface area contributed by atoms with Crippen molar-refractivity contribution >= 4 is 33.7 Å². The molecule has 0 saturated carbocycles. The zero-order valence-electron chi connectivity index (χ0n) is 10.6. The first-order valence-corrected chi connectivity index (χ1v) is 7.98. The van der Waals surface area contributed by atoms with Crippen molar-refractivity contribution < 1.29 is 4.79 Å². The molecular formula is C13H15N3OS2. The van der Waals surface area contributed by atoms with Crippen LogP contribution in [0.15, 0.2) is 16.8 Å². The summed E-state index contributed by atoms with van der Waals surface area (Å²) in [5.74, 6) is 0.0698. The fraction of sp³-hybridized carbons (Fsp3) is 0.385. The first-order valence-electron chi connectivity index (χ1n) is 6.23. The Morgan fingerprint density at radius 3 is 3.05 bits per heavy atom. The third-order valence-electron chi connectivity index (χ3n) is 3.45. The number of thiophene rings is 1. The number of hydrogen-bond donors (Lipinski definition) is 1. The molecule has 1 aliphatic rings. The van der Waals surface area contributed by atoms with Gasteiger partial charge in [0, 0.05) is 6.54 Å². The Hall–Kier alpha value is -1.40. The van der Waals surface area contributed by atoms with Gasteiger partial charge < -0.3 is 10.6 Å². The lowest BCUT2D eigenvalue weighted by molar-refractivity contribution is 0.0740. The quantitative estimate of drug-likeness (QED) is 0.925. The lowest BCUT2D eigenvalue weighted by Gasteiger charge is -2.23. The molecule has 0 aromatic carbocycles. The summed E-state index contributed by atoms with van der Waals surface area (Å²) in [5.41, 5.74) is 7.66. The summed E-state index contributed by atoms with van der Waals surface area (Å²) in [4.78, 5) is 19.4. The van der Waals surface area contributed by atoms with Crippen molar-refractivity contribution in [1.82, 2.24) is 9.88 Å². The first kappa shape index (κ1) is 12.6. The molecule has 0 aliphatic carbocycles. The number of rotatable bonds is 2. The minimum Gasteiger partial charge on any atom is -0.375 e. The lowest BCUT2D eigenvalue weighted by atomic mass is 10.1. The van der Waals surface area contributed by atoms with Crippen molar-refractivity contribution in [3.05, 3.63) is 33.0 Å². The number of carbonyl (C=O) groups excluding carboxylic acids is 1. The molecular weight excluding hydrogens is 278 g/mol. The lowest BCUT2D eigenvalue weighted by Crippen LogP contribution is -2.30. The van der Waals surface area contributed by atoms with Crippen molar-refractivity contribution in [3.8, 4) is 0 Å². The molecule has 100 valence electrons. The standard InChI is InChI=1S/C13H15N3OS2/c1-8-11(19-13(14)15-8)12(17)16-5-2-3-10(16)9-4-6-18-7-9/h4,6-7,10H,2-3,5H2,1H3,(H2,14,15). The Balaban J connectivity index is 1.89. The number of anilines is 1. The molecule has 3 heterocycles. The van der Waals surface area contributed by atoms with Gasteiger partial charge in [-0.05, 0) is 42.2 Å². The largest absolute Gasteiger partial charge is 0.375 e. The number of nitrogen functional groups attached to an aromatic ring is 1. The second-order valence-corrected chi connectivity index (χ2v) is 6.49. The minimum absolute atomic E-state index is 0.0698. The molecule has 2 aromatic rings. The normalized spacial score (nSPS) is 19.0. The number of amides is 1. The predicted octanol–water partition coefficient (Wildman–Crippen LogP) is 3.07. The number of nitrogens with zero attached hydrogens (tertiary/aromatic N) is 2. The first-order chi connectivity index (χ1) is 9.16. The van der Waals surface area contributed by atoms with Crippen LogP contribution >= 0.6 is 22.7 Å². The fourth-order valence-electron chi connectivity index (χ4n) is 2.57. The molecule has 2 N–H and O–H groups in total. The van der Waals surface area contributed by atoms with Crippen LogP contribution in [-0.4, -0.2) is 22.3 Å². The molecule has 0 spiro atoms. The number of likely N-dealkylation sites (tertiary alicyclic amines) is 1. The Kier molecular flexibility index (Phi) is 3.28. The van der Waals surface area contributed by atoms with Gasteiger partial charge in [-0.1, -0.05) is 11.3 Å². The van der Waals surface area contributed by atoms with Gasteiger partial charge in [0.2, 0.25) is 0 Å². The van der Waals surface area contributed by atoms with Crippen LogP contribution in [0.25, 0.3) is 0 Å². The number of hydrogen-bond acceptors (Lipinski definition) is 5. The van der Waals surface area contributed by atoms with Crippen LogP contribution < -0.4 is 5.73 Å². The van der Waals surface area contributed by atoms with E-state index in [1.807, 2.05) is 11.8 Å². The third kappa shape index (κ3) is 2.26. The second kappa shape index (κ2) is 4.94. The molecule has 1 unspecified atom stereocenters. The van der Waals surface area contributed by atoms with Crippen molar-refractivity contribution in [2.45, 2.75) is 25.8 Å². The minimum atomic E-state index is 0.0698. The molecule has 1 fully saturated rings. The highest BCUT2D eigenvalue weighted by Crippen LogP contribution is 2.35. The van der Waals surface area contributed by atoms with E-state index < -0.39 is 0 Å². The molecule has 2 aromatic heterocycles. The van der Waals surface area contributed by atoms with Gasteiger partial charge in [0.25, 0.3) is 5.91 Å². The van der Waals surface area contributed by atoms with Crippen LogP contribution in [0, 0.1) is 6.92 Å². The van der Waals surface area contributed by atoms with E-state index in [9.17, 15) is 4.79 Å². The molecule has 1 atom stereocenters. The molecule has 0 radical (unpaired) electrons. The van der Waals surface area contributed by atoms with Gasteiger partial charge in [-0.15, -0.1) is 0 Å². The SMILES string of the molecule is Cc1nc(N)sc1C(=O)N1CCCC1c1ccsc1. The summed E-state index contributed by atoms with van der Waals surface area (Å²) in [7, 11) is 0. The Morgan fingerprint density at radius 2 is 2.42 bits per heavy atom. The maximum Gasteiger partial charge on any atom is 0.266 e. The average Bonchev–Trinajstić information content (AvgIpc) is 3.06. The second-order valence-electron chi connectivity index (χ2n) is 4.68. The van der Waals surface area contributed by atoms with Gasteiger partial charge in [-0.2, -0.15) is 11.3 Å². The fourth-order valence-corrected chi connectivity index (χ4v) is 4.06. The highest BCUT2D eigenvalue weighted by atomic mass is 32.1. The van der Waals surface area contributed by atoms with E-state index >= 15 is 0 Å². The van der Waals surface area contributed by atoms with Gasteiger partial charge in [0.15, 0.2) is 5.13 Å². The van der Waals surface area contributed by atoms with Crippen LogP contribution in [-0.2, 0) is 0 Å².